The summed E-state index contributed by atoms with van der Waals surface area (Å²) in [6.45, 7) is 0. The van der Waals surface area contributed by atoms with Crippen LogP contribution in [0.25, 0.3) is 10.2 Å². The van der Waals surface area contributed by atoms with E-state index in [1.807, 2.05) is 29.6 Å². The van der Waals surface area contributed by atoms with Crippen molar-refractivity contribution in [3.05, 3.63) is 39.7 Å². The lowest BCUT2D eigenvalue weighted by atomic mass is 10.2. The van der Waals surface area contributed by atoms with Crippen LogP contribution in [0, 0.1) is 0 Å². The highest BCUT2D eigenvalue weighted by Gasteiger charge is 2.09. The number of anilines is 1. The predicted octanol–water partition coefficient (Wildman–Crippen LogP) is 4.34. The summed E-state index contributed by atoms with van der Waals surface area (Å²) in [7, 11) is 1.66. The normalized spacial score (nSPS) is 11.0. The molecule has 3 aromatic rings. The molecule has 108 valence electrons. The van der Waals surface area contributed by atoms with Crippen LogP contribution >= 0.6 is 39.0 Å². The Kier molecular flexibility index (Phi) is 4.32. The molecule has 0 aliphatic rings. The first-order chi connectivity index (χ1) is 10.2. The van der Waals surface area contributed by atoms with Gasteiger partial charge in [0.15, 0.2) is 5.16 Å². The Balaban J connectivity index is 1.83. The van der Waals surface area contributed by atoms with E-state index in [1.165, 1.54) is 0 Å². The molecule has 2 N–H and O–H groups in total. The van der Waals surface area contributed by atoms with E-state index in [9.17, 15) is 0 Å². The van der Waals surface area contributed by atoms with Gasteiger partial charge in [-0.15, -0.1) is 11.3 Å². The van der Waals surface area contributed by atoms with E-state index in [0.717, 1.165) is 31.8 Å². The first kappa shape index (κ1) is 14.6. The number of halogens is 1. The van der Waals surface area contributed by atoms with E-state index < -0.39 is 0 Å². The van der Waals surface area contributed by atoms with Crippen molar-refractivity contribution < 1.29 is 4.74 Å². The van der Waals surface area contributed by atoms with E-state index >= 15 is 0 Å². The number of methoxy groups -OCH3 is 1. The van der Waals surface area contributed by atoms with Gasteiger partial charge >= 0.3 is 0 Å². The minimum Gasteiger partial charge on any atom is -0.497 e. The van der Waals surface area contributed by atoms with Crippen LogP contribution in [0.15, 0.2) is 39.3 Å². The maximum Gasteiger partial charge on any atom is 0.191 e. The minimum atomic E-state index is 0.536. The fourth-order valence-electron chi connectivity index (χ4n) is 1.85. The highest BCUT2D eigenvalue weighted by Crippen LogP contribution is 2.31. The Morgan fingerprint density at radius 3 is 3.00 bits per heavy atom. The highest BCUT2D eigenvalue weighted by molar-refractivity contribution is 9.10. The van der Waals surface area contributed by atoms with Crippen LogP contribution in [-0.2, 0) is 5.75 Å². The number of nitrogen functional groups attached to an aromatic ring is 1. The van der Waals surface area contributed by atoms with Gasteiger partial charge in [-0.2, -0.15) is 0 Å². The lowest BCUT2D eigenvalue weighted by Crippen LogP contribution is -1.95. The molecule has 0 unspecified atom stereocenters. The topological polar surface area (TPSA) is 61.0 Å². The quantitative estimate of drug-likeness (QED) is 0.537. The van der Waals surface area contributed by atoms with Crippen molar-refractivity contribution in [2.75, 3.05) is 12.8 Å². The second kappa shape index (κ2) is 6.21. The van der Waals surface area contributed by atoms with Crippen molar-refractivity contribution in [2.24, 2.45) is 0 Å². The zero-order valence-corrected chi connectivity index (χ0v) is 14.4. The molecule has 0 fully saturated rings. The second-order valence-electron chi connectivity index (χ2n) is 4.28. The van der Waals surface area contributed by atoms with Gasteiger partial charge in [0, 0.05) is 10.2 Å². The maximum atomic E-state index is 5.96. The van der Waals surface area contributed by atoms with Crippen molar-refractivity contribution in [3.63, 3.8) is 0 Å². The van der Waals surface area contributed by atoms with Gasteiger partial charge in [0.1, 0.15) is 16.4 Å². The number of hydrogen-bond donors (Lipinski definition) is 1. The van der Waals surface area contributed by atoms with E-state index in [1.54, 1.807) is 30.2 Å². The molecule has 0 atom stereocenters. The molecule has 0 spiro atoms. The van der Waals surface area contributed by atoms with Crippen molar-refractivity contribution in [1.29, 1.82) is 0 Å². The summed E-state index contributed by atoms with van der Waals surface area (Å²) >= 11 is 6.68. The van der Waals surface area contributed by atoms with Crippen molar-refractivity contribution in [1.82, 2.24) is 9.97 Å². The van der Waals surface area contributed by atoms with Gasteiger partial charge in [0.2, 0.25) is 0 Å². The zero-order valence-electron chi connectivity index (χ0n) is 11.2. The third kappa shape index (κ3) is 3.14. The summed E-state index contributed by atoms with van der Waals surface area (Å²) in [5.74, 6) is 2.12. The van der Waals surface area contributed by atoms with Gasteiger partial charge in [-0.05, 0) is 35.2 Å². The molecule has 0 aliphatic carbocycles. The van der Waals surface area contributed by atoms with Crippen LogP contribution in [0.2, 0.25) is 0 Å². The molecular weight excluding hydrogens is 370 g/mol. The highest BCUT2D eigenvalue weighted by atomic mass is 79.9. The van der Waals surface area contributed by atoms with Gasteiger partial charge in [0.25, 0.3) is 0 Å². The fraction of sp³-hybridized carbons (Fsp3) is 0.143. The largest absolute Gasteiger partial charge is 0.497 e. The summed E-state index contributed by atoms with van der Waals surface area (Å²) in [6, 6.07) is 7.85. The molecule has 0 amide bonds. The van der Waals surface area contributed by atoms with E-state index in [4.69, 9.17) is 10.5 Å². The molecule has 0 bridgehead atoms. The predicted molar refractivity (Wildman–Crippen MR) is 92.1 cm³/mol. The van der Waals surface area contributed by atoms with Crippen LogP contribution in [-0.4, -0.2) is 17.1 Å². The molecule has 0 radical (unpaired) electrons. The minimum absolute atomic E-state index is 0.536. The van der Waals surface area contributed by atoms with Crippen LogP contribution in [0.4, 0.5) is 5.82 Å². The standard InChI is InChI=1S/C14H12BrN3OS2/c1-19-9-2-3-11(15)8(6-9)7-21-14-17-12(16)10-4-5-20-13(10)18-14/h2-6H,7H2,1H3,(H2,16,17,18). The number of fused-ring (bicyclic) bond motifs is 1. The number of hydrogen-bond acceptors (Lipinski definition) is 6. The molecule has 2 aromatic heterocycles. The lowest BCUT2D eigenvalue weighted by Gasteiger charge is -2.07. The van der Waals surface area contributed by atoms with E-state index in [0.29, 0.717) is 11.0 Å². The Morgan fingerprint density at radius 2 is 2.19 bits per heavy atom. The third-order valence-electron chi connectivity index (χ3n) is 2.94. The van der Waals surface area contributed by atoms with Gasteiger partial charge in [-0.1, -0.05) is 27.7 Å². The fourth-order valence-corrected chi connectivity index (χ4v) is 4.10. The maximum absolute atomic E-state index is 5.96. The summed E-state index contributed by atoms with van der Waals surface area (Å²) in [4.78, 5) is 9.80. The number of thiophene rings is 1. The monoisotopic (exact) mass is 381 g/mol. The SMILES string of the molecule is COc1ccc(Br)c(CSc2nc(N)c3ccsc3n2)c1. The van der Waals surface area contributed by atoms with Crippen molar-refractivity contribution in [3.8, 4) is 5.75 Å². The lowest BCUT2D eigenvalue weighted by molar-refractivity contribution is 0.414. The molecule has 0 saturated carbocycles. The number of aromatic nitrogens is 2. The Morgan fingerprint density at radius 1 is 1.33 bits per heavy atom. The molecule has 0 saturated heterocycles. The van der Waals surface area contributed by atoms with E-state index in [-0.39, 0.29) is 0 Å². The Bertz CT molecular complexity index is 791. The number of benzene rings is 1. The smallest absolute Gasteiger partial charge is 0.191 e. The molecule has 7 heteroatoms. The number of nitrogens with zero attached hydrogens (tertiary/aromatic N) is 2. The van der Waals surface area contributed by atoms with Gasteiger partial charge in [-0.25, -0.2) is 9.97 Å². The van der Waals surface area contributed by atoms with Crippen molar-refractivity contribution in [2.45, 2.75) is 10.9 Å². The average Bonchev–Trinajstić information content (AvgIpc) is 2.95. The van der Waals surface area contributed by atoms with Gasteiger partial charge in [-0.3, -0.25) is 0 Å². The van der Waals surface area contributed by atoms with Crippen LogP contribution < -0.4 is 10.5 Å². The molecular formula is C14H12BrN3OS2. The molecule has 0 aliphatic heterocycles. The Hall–Kier alpha value is -1.31. The van der Waals surface area contributed by atoms with Gasteiger partial charge in [0.05, 0.1) is 12.5 Å². The number of nitrogens with two attached hydrogens (primary N) is 1. The number of thioether (sulfide) groups is 1. The summed E-state index contributed by atoms with van der Waals surface area (Å²) in [5, 5.41) is 3.59. The summed E-state index contributed by atoms with van der Waals surface area (Å²) in [5.41, 5.74) is 7.09. The molecule has 3 rings (SSSR count). The first-order valence-electron chi connectivity index (χ1n) is 6.13. The summed E-state index contributed by atoms with van der Waals surface area (Å²) < 4.78 is 6.29. The van der Waals surface area contributed by atoms with Crippen LogP contribution in [0.3, 0.4) is 0 Å². The van der Waals surface area contributed by atoms with Gasteiger partial charge < -0.3 is 10.5 Å². The zero-order chi connectivity index (χ0) is 14.8. The first-order valence-corrected chi connectivity index (χ1v) is 8.79. The van der Waals surface area contributed by atoms with E-state index in [2.05, 4.69) is 25.9 Å². The van der Waals surface area contributed by atoms with Crippen LogP contribution in [0.1, 0.15) is 5.56 Å². The molecule has 1 aromatic carbocycles. The molecule has 2 heterocycles. The van der Waals surface area contributed by atoms with Crippen LogP contribution in [0.5, 0.6) is 5.75 Å². The Labute approximate surface area is 138 Å². The summed E-state index contributed by atoms with van der Waals surface area (Å²) in [6.07, 6.45) is 0. The second-order valence-corrected chi connectivity index (χ2v) is 6.97. The number of ether oxygens (including phenoxy) is 1. The number of rotatable bonds is 4. The van der Waals surface area contributed by atoms with Crippen molar-refractivity contribution >= 4 is 55.1 Å². The molecule has 21 heavy (non-hydrogen) atoms. The third-order valence-corrected chi connectivity index (χ3v) is 5.42. The average molecular weight is 382 g/mol. The molecule has 4 nitrogen and oxygen atoms in total.